The molecule has 0 aliphatic carbocycles. The van der Waals surface area contributed by atoms with E-state index in [0.29, 0.717) is 19.1 Å². The summed E-state index contributed by atoms with van der Waals surface area (Å²) in [6, 6.07) is 18.9. The second-order valence-corrected chi connectivity index (χ2v) is 5.59. The molecule has 2 rings (SSSR count). The molecule has 0 aliphatic heterocycles. The van der Waals surface area contributed by atoms with Gasteiger partial charge in [0.25, 0.3) is 0 Å². The molecular weight excluding hydrogens is 286 g/mol. The predicted octanol–water partition coefficient (Wildman–Crippen LogP) is 4.82. The van der Waals surface area contributed by atoms with E-state index in [0.717, 1.165) is 23.4 Å². The molecule has 0 saturated heterocycles. The van der Waals surface area contributed by atoms with E-state index < -0.39 is 0 Å². The van der Waals surface area contributed by atoms with Crippen molar-refractivity contribution in [3.63, 3.8) is 0 Å². The van der Waals surface area contributed by atoms with E-state index in [2.05, 4.69) is 56.3 Å². The average molecular weight is 310 g/mol. The molecule has 121 valence electrons. The number of ether oxygens (including phenoxy) is 1. The van der Waals surface area contributed by atoms with Crippen molar-refractivity contribution >= 4 is 5.71 Å². The summed E-state index contributed by atoms with van der Waals surface area (Å²) in [5, 5.41) is 4.25. The van der Waals surface area contributed by atoms with Gasteiger partial charge in [-0.2, -0.15) is 0 Å². The maximum atomic E-state index is 5.54. The van der Waals surface area contributed by atoms with Crippen LogP contribution in [0.2, 0.25) is 0 Å². The molecule has 0 amide bonds. The molecule has 0 heterocycles. The summed E-state index contributed by atoms with van der Waals surface area (Å²) in [6.45, 7) is 7.34. The Kier molecular flexibility index (Phi) is 6.67. The van der Waals surface area contributed by atoms with Crippen molar-refractivity contribution in [1.82, 2.24) is 0 Å². The molecular formula is C20H24NO2. The Labute approximate surface area is 138 Å². The van der Waals surface area contributed by atoms with Crippen LogP contribution in [-0.4, -0.2) is 18.9 Å². The van der Waals surface area contributed by atoms with Crippen LogP contribution in [0.1, 0.15) is 44.2 Å². The maximum absolute atomic E-state index is 5.54. The molecule has 0 aliphatic rings. The van der Waals surface area contributed by atoms with Crippen LogP contribution >= 0.6 is 0 Å². The third-order valence-electron chi connectivity index (χ3n) is 3.54. The van der Waals surface area contributed by atoms with Crippen LogP contribution in [0.5, 0.6) is 5.75 Å². The van der Waals surface area contributed by atoms with Crippen LogP contribution in [0, 0.1) is 6.07 Å². The predicted molar refractivity (Wildman–Crippen MR) is 94.1 cm³/mol. The van der Waals surface area contributed by atoms with Crippen molar-refractivity contribution in [1.29, 1.82) is 0 Å². The van der Waals surface area contributed by atoms with Crippen LogP contribution in [0.3, 0.4) is 0 Å². The highest BCUT2D eigenvalue weighted by atomic mass is 16.6. The molecule has 3 heteroatoms. The summed E-state index contributed by atoms with van der Waals surface area (Å²) in [7, 11) is 0. The fraction of sp³-hybridized carbons (Fsp3) is 0.350. The third-order valence-corrected chi connectivity index (χ3v) is 3.54. The van der Waals surface area contributed by atoms with Gasteiger partial charge in [0.1, 0.15) is 12.4 Å². The van der Waals surface area contributed by atoms with Gasteiger partial charge in [0.15, 0.2) is 6.61 Å². The van der Waals surface area contributed by atoms with Crippen molar-refractivity contribution in [3.8, 4) is 5.75 Å². The van der Waals surface area contributed by atoms with Gasteiger partial charge in [0.2, 0.25) is 0 Å². The molecule has 2 aromatic rings. The molecule has 0 saturated carbocycles. The van der Waals surface area contributed by atoms with Gasteiger partial charge in [0, 0.05) is 0 Å². The molecule has 1 radical (unpaired) electrons. The third kappa shape index (κ3) is 5.44. The zero-order valence-electron chi connectivity index (χ0n) is 14.1. The van der Waals surface area contributed by atoms with E-state index in [1.165, 1.54) is 5.56 Å². The number of hydrogen-bond acceptors (Lipinski definition) is 3. The van der Waals surface area contributed by atoms with Crippen molar-refractivity contribution in [2.24, 2.45) is 5.16 Å². The molecule has 0 bridgehead atoms. The Morgan fingerprint density at radius 3 is 2.52 bits per heavy atom. The van der Waals surface area contributed by atoms with E-state index >= 15 is 0 Å². The Morgan fingerprint density at radius 1 is 1.13 bits per heavy atom. The molecule has 0 unspecified atom stereocenters. The first-order chi connectivity index (χ1) is 11.2. The lowest BCUT2D eigenvalue weighted by atomic mass is 10.00. The number of benzene rings is 2. The Morgan fingerprint density at radius 2 is 1.91 bits per heavy atom. The van der Waals surface area contributed by atoms with Gasteiger partial charge in [-0.1, -0.05) is 62.3 Å². The van der Waals surface area contributed by atoms with Gasteiger partial charge in [-0.3, -0.25) is 0 Å². The fourth-order valence-corrected chi connectivity index (χ4v) is 2.17. The van der Waals surface area contributed by atoms with E-state index in [1.54, 1.807) is 6.07 Å². The lowest BCUT2D eigenvalue weighted by Crippen LogP contribution is -2.06. The van der Waals surface area contributed by atoms with Gasteiger partial charge >= 0.3 is 0 Å². The quantitative estimate of drug-likeness (QED) is 0.397. The number of rotatable bonds is 8. The lowest BCUT2D eigenvalue weighted by Gasteiger charge is -2.09. The van der Waals surface area contributed by atoms with Gasteiger partial charge in [-0.15, -0.1) is 0 Å². The first kappa shape index (κ1) is 17.1. The normalized spacial score (nSPS) is 11.6. The van der Waals surface area contributed by atoms with Gasteiger partial charge in [-0.05, 0) is 41.7 Å². The highest BCUT2D eigenvalue weighted by Gasteiger charge is 2.04. The summed E-state index contributed by atoms with van der Waals surface area (Å²) < 4.78 is 5.54. The minimum Gasteiger partial charge on any atom is -0.490 e. The summed E-state index contributed by atoms with van der Waals surface area (Å²) >= 11 is 0. The minimum absolute atomic E-state index is 0.419. The molecule has 0 aromatic heterocycles. The summed E-state index contributed by atoms with van der Waals surface area (Å²) in [4.78, 5) is 5.39. The van der Waals surface area contributed by atoms with Crippen molar-refractivity contribution in [3.05, 3.63) is 65.7 Å². The van der Waals surface area contributed by atoms with Crippen LogP contribution in [0.15, 0.2) is 53.7 Å². The largest absolute Gasteiger partial charge is 0.490 e. The van der Waals surface area contributed by atoms with Gasteiger partial charge in [0.05, 0.1) is 5.71 Å². The molecule has 23 heavy (non-hydrogen) atoms. The monoisotopic (exact) mass is 310 g/mol. The SMILES string of the molecule is CC/C(=N\OCCOc1c[c]ccc1)c1ccc(C(C)C)cc1. The lowest BCUT2D eigenvalue weighted by molar-refractivity contribution is 0.107. The second kappa shape index (κ2) is 8.99. The smallest absolute Gasteiger partial charge is 0.151 e. The number of hydrogen-bond donors (Lipinski definition) is 0. The molecule has 0 spiro atoms. The zero-order chi connectivity index (χ0) is 16.5. The van der Waals surface area contributed by atoms with Gasteiger partial charge in [-0.25, -0.2) is 0 Å². The maximum Gasteiger partial charge on any atom is 0.151 e. The Bertz CT molecular complexity index is 603. The second-order valence-electron chi connectivity index (χ2n) is 5.59. The van der Waals surface area contributed by atoms with Crippen molar-refractivity contribution < 1.29 is 9.57 Å². The highest BCUT2D eigenvalue weighted by molar-refractivity contribution is 6.00. The highest BCUT2D eigenvalue weighted by Crippen LogP contribution is 2.16. The van der Waals surface area contributed by atoms with E-state index in [9.17, 15) is 0 Å². The molecule has 2 aromatic carbocycles. The Hall–Kier alpha value is -2.29. The van der Waals surface area contributed by atoms with Crippen LogP contribution in [0.25, 0.3) is 0 Å². The summed E-state index contributed by atoms with van der Waals surface area (Å²) in [5.74, 6) is 1.33. The summed E-state index contributed by atoms with van der Waals surface area (Å²) in [6.07, 6.45) is 0.829. The van der Waals surface area contributed by atoms with E-state index in [1.807, 2.05) is 18.2 Å². The van der Waals surface area contributed by atoms with Crippen molar-refractivity contribution in [2.45, 2.75) is 33.1 Å². The molecule has 3 nitrogen and oxygen atoms in total. The van der Waals surface area contributed by atoms with E-state index in [4.69, 9.17) is 9.57 Å². The van der Waals surface area contributed by atoms with Crippen LogP contribution < -0.4 is 4.74 Å². The van der Waals surface area contributed by atoms with Gasteiger partial charge < -0.3 is 9.57 Å². The fourth-order valence-electron chi connectivity index (χ4n) is 2.17. The average Bonchev–Trinajstić information content (AvgIpc) is 2.59. The molecule has 0 fully saturated rings. The first-order valence-corrected chi connectivity index (χ1v) is 8.08. The van der Waals surface area contributed by atoms with Crippen LogP contribution in [0.4, 0.5) is 0 Å². The topological polar surface area (TPSA) is 30.8 Å². The van der Waals surface area contributed by atoms with Crippen LogP contribution in [-0.2, 0) is 4.84 Å². The summed E-state index contributed by atoms with van der Waals surface area (Å²) in [5.41, 5.74) is 3.39. The number of oxime groups is 1. The van der Waals surface area contributed by atoms with E-state index in [-0.39, 0.29) is 0 Å². The standard InChI is InChI=1S/C20H24NO2/c1-4-20(18-12-10-17(11-13-18)16(2)3)21-23-15-14-22-19-8-6-5-7-9-19/h5-6,8-13,16H,4,14-15H2,1-3H3/b21-20+. The molecule has 0 atom stereocenters. The number of nitrogens with zero attached hydrogens (tertiary/aromatic N) is 1. The first-order valence-electron chi connectivity index (χ1n) is 8.08. The molecule has 0 N–H and O–H groups in total. The Balaban J connectivity index is 1.84. The zero-order valence-corrected chi connectivity index (χ0v) is 14.1. The van der Waals surface area contributed by atoms with Crippen molar-refractivity contribution in [2.75, 3.05) is 13.2 Å². The minimum atomic E-state index is 0.419.